The Kier molecular flexibility index (Phi) is 4.02. The molecule has 94 valence electrons. The van der Waals surface area contributed by atoms with Gasteiger partial charge in [0.15, 0.2) is 16.9 Å². The van der Waals surface area contributed by atoms with E-state index in [9.17, 15) is 0 Å². The van der Waals surface area contributed by atoms with Crippen LogP contribution in [-0.4, -0.2) is 33.6 Å². The summed E-state index contributed by atoms with van der Waals surface area (Å²) in [5.74, 6) is 3.29. The molecule has 1 fully saturated rings. The molecule has 0 radical (unpaired) electrons. The van der Waals surface area contributed by atoms with Crippen molar-refractivity contribution in [3.63, 3.8) is 0 Å². The van der Waals surface area contributed by atoms with E-state index in [0.717, 1.165) is 18.0 Å². The van der Waals surface area contributed by atoms with Gasteiger partial charge in [-0.05, 0) is 12.1 Å². The van der Waals surface area contributed by atoms with E-state index < -0.39 is 0 Å². The number of benzene rings is 1. The van der Waals surface area contributed by atoms with Crippen molar-refractivity contribution in [3.8, 4) is 17.2 Å². The first-order valence-electron chi connectivity index (χ1n) is 5.55. The molecule has 1 aromatic rings. The topological polar surface area (TPSA) is 44.3 Å². The molecule has 17 heavy (non-hydrogen) atoms. The summed E-state index contributed by atoms with van der Waals surface area (Å²) in [5, 5.41) is 2.76. The summed E-state index contributed by atoms with van der Waals surface area (Å²) in [6, 6.07) is 4.06. The Hall–Kier alpha value is -1.07. The van der Waals surface area contributed by atoms with Gasteiger partial charge < -0.3 is 19.5 Å². The highest BCUT2D eigenvalue weighted by atomic mass is 32.2. The first kappa shape index (κ1) is 12.4. The van der Waals surface area contributed by atoms with Crippen LogP contribution in [0.1, 0.15) is 10.9 Å². The average Bonchev–Trinajstić information content (AvgIpc) is 2.90. The predicted octanol–water partition coefficient (Wildman–Crippen LogP) is 1.02. The van der Waals surface area contributed by atoms with Gasteiger partial charge in [-0.15, -0.1) is 0 Å². The van der Waals surface area contributed by atoms with Crippen LogP contribution in [0, 0.1) is 0 Å². The Labute approximate surface area is 106 Å². The number of nitrogens with two attached hydrogens (primary N) is 1. The number of thioether (sulfide) groups is 1. The molecular weight excluding hydrogens is 238 g/mol. The largest absolute Gasteiger partial charge is 0.493 e. The summed E-state index contributed by atoms with van der Waals surface area (Å²) in [5.41, 5.74) is 1.21. The molecule has 0 spiro atoms. The van der Waals surface area contributed by atoms with Crippen LogP contribution in [0.25, 0.3) is 0 Å². The molecule has 1 heterocycles. The third kappa shape index (κ3) is 2.45. The molecule has 0 saturated carbocycles. The molecule has 0 amide bonds. The lowest BCUT2D eigenvalue weighted by atomic mass is 10.1. The van der Waals surface area contributed by atoms with Crippen LogP contribution in [-0.2, 0) is 0 Å². The number of rotatable bonds is 4. The van der Waals surface area contributed by atoms with Crippen molar-refractivity contribution in [1.29, 1.82) is 0 Å². The van der Waals surface area contributed by atoms with Crippen LogP contribution in [0.15, 0.2) is 12.1 Å². The minimum atomic E-state index is 0.434. The molecular formula is C12H18NO3S+. The molecule has 1 atom stereocenters. The summed E-state index contributed by atoms with van der Waals surface area (Å²) in [7, 11) is 4.91. The molecule has 4 nitrogen and oxygen atoms in total. The molecule has 0 aliphatic carbocycles. The van der Waals surface area contributed by atoms with Crippen molar-refractivity contribution in [3.05, 3.63) is 17.7 Å². The molecule has 0 aromatic heterocycles. The maximum absolute atomic E-state index is 5.35. The van der Waals surface area contributed by atoms with Crippen LogP contribution >= 0.6 is 11.8 Å². The van der Waals surface area contributed by atoms with E-state index in [1.54, 1.807) is 21.3 Å². The summed E-state index contributed by atoms with van der Waals surface area (Å²) in [6.45, 7) is 1.16. The van der Waals surface area contributed by atoms with E-state index in [-0.39, 0.29) is 0 Å². The van der Waals surface area contributed by atoms with Gasteiger partial charge in [-0.2, -0.15) is 0 Å². The minimum absolute atomic E-state index is 0.434. The zero-order valence-electron chi connectivity index (χ0n) is 10.4. The van der Waals surface area contributed by atoms with Gasteiger partial charge in [-0.25, -0.2) is 0 Å². The first-order valence-corrected chi connectivity index (χ1v) is 6.60. The number of hydrogen-bond acceptors (Lipinski definition) is 4. The molecule has 2 rings (SSSR count). The normalized spacial score (nSPS) is 19.1. The Bertz CT molecular complexity index is 366. The summed E-state index contributed by atoms with van der Waals surface area (Å²) >= 11 is 1.94. The van der Waals surface area contributed by atoms with Gasteiger partial charge in [0.25, 0.3) is 0 Å². The van der Waals surface area contributed by atoms with Crippen LogP contribution in [0.3, 0.4) is 0 Å². The van der Waals surface area contributed by atoms with Crippen molar-refractivity contribution >= 4 is 11.8 Å². The van der Waals surface area contributed by atoms with E-state index in [0.29, 0.717) is 11.1 Å². The molecule has 1 aliphatic rings. The minimum Gasteiger partial charge on any atom is -0.493 e. The van der Waals surface area contributed by atoms with Gasteiger partial charge in [-0.3, -0.25) is 0 Å². The monoisotopic (exact) mass is 256 g/mol. The highest BCUT2D eigenvalue weighted by Crippen LogP contribution is 2.41. The Balaban J connectivity index is 2.40. The zero-order valence-corrected chi connectivity index (χ0v) is 11.2. The lowest BCUT2D eigenvalue weighted by Crippen LogP contribution is -2.81. The predicted molar refractivity (Wildman–Crippen MR) is 68.1 cm³/mol. The Morgan fingerprint density at radius 3 is 2.18 bits per heavy atom. The fourth-order valence-electron chi connectivity index (χ4n) is 1.98. The molecule has 5 heteroatoms. The molecule has 0 bridgehead atoms. The lowest BCUT2D eigenvalue weighted by Gasteiger charge is -2.15. The van der Waals surface area contributed by atoms with E-state index in [2.05, 4.69) is 5.32 Å². The average molecular weight is 256 g/mol. The van der Waals surface area contributed by atoms with E-state index in [1.807, 2.05) is 23.9 Å². The Morgan fingerprint density at radius 2 is 1.76 bits per heavy atom. The molecule has 1 aromatic carbocycles. The van der Waals surface area contributed by atoms with Gasteiger partial charge in [0, 0.05) is 11.3 Å². The van der Waals surface area contributed by atoms with Gasteiger partial charge in [0.2, 0.25) is 5.75 Å². The summed E-state index contributed by atoms with van der Waals surface area (Å²) < 4.78 is 16.0. The highest BCUT2D eigenvalue weighted by molar-refractivity contribution is 7.99. The fraction of sp³-hybridized carbons (Fsp3) is 0.500. The first-order chi connectivity index (χ1) is 8.30. The van der Waals surface area contributed by atoms with Gasteiger partial charge in [-0.1, -0.05) is 11.8 Å². The SMILES string of the molecule is COc1cc([C@@H]2[NH2+]CCS2)cc(OC)c1OC. The number of methoxy groups -OCH3 is 3. The number of ether oxygens (including phenoxy) is 3. The van der Waals surface area contributed by atoms with Gasteiger partial charge in [0.1, 0.15) is 0 Å². The van der Waals surface area contributed by atoms with Crippen molar-refractivity contribution in [2.24, 2.45) is 0 Å². The van der Waals surface area contributed by atoms with Crippen LogP contribution < -0.4 is 19.5 Å². The zero-order chi connectivity index (χ0) is 12.3. The standard InChI is InChI=1S/C12H17NO3S/c1-14-9-6-8(12-13-4-5-17-12)7-10(15-2)11(9)16-3/h6-7,12-13H,4-5H2,1-3H3/p+1/t12-/m1/s1. The second kappa shape index (κ2) is 5.51. The number of hydrogen-bond donors (Lipinski definition) is 1. The van der Waals surface area contributed by atoms with Crippen molar-refractivity contribution in [2.75, 3.05) is 33.6 Å². The third-order valence-corrected chi connectivity index (χ3v) is 4.11. The maximum Gasteiger partial charge on any atom is 0.203 e. The second-order valence-electron chi connectivity index (χ2n) is 3.77. The third-order valence-electron chi connectivity index (χ3n) is 2.81. The fourth-order valence-corrected chi connectivity index (χ4v) is 3.11. The summed E-state index contributed by atoms with van der Waals surface area (Å²) in [4.78, 5) is 0. The van der Waals surface area contributed by atoms with Crippen LogP contribution in [0.2, 0.25) is 0 Å². The Morgan fingerprint density at radius 1 is 1.12 bits per heavy atom. The highest BCUT2D eigenvalue weighted by Gasteiger charge is 2.24. The quantitative estimate of drug-likeness (QED) is 0.873. The van der Waals surface area contributed by atoms with Crippen molar-refractivity contribution in [1.82, 2.24) is 0 Å². The lowest BCUT2D eigenvalue weighted by molar-refractivity contribution is -0.663. The number of quaternary nitrogens is 1. The van der Waals surface area contributed by atoms with Gasteiger partial charge in [0.05, 0.1) is 27.9 Å². The van der Waals surface area contributed by atoms with Crippen LogP contribution in [0.5, 0.6) is 17.2 Å². The molecule has 2 N–H and O–H groups in total. The van der Waals surface area contributed by atoms with E-state index >= 15 is 0 Å². The molecule has 1 saturated heterocycles. The van der Waals surface area contributed by atoms with E-state index in [1.165, 1.54) is 11.3 Å². The summed E-state index contributed by atoms with van der Waals surface area (Å²) in [6.07, 6.45) is 0. The van der Waals surface area contributed by atoms with Gasteiger partial charge >= 0.3 is 0 Å². The van der Waals surface area contributed by atoms with Crippen molar-refractivity contribution in [2.45, 2.75) is 5.37 Å². The van der Waals surface area contributed by atoms with E-state index in [4.69, 9.17) is 14.2 Å². The molecule has 0 unspecified atom stereocenters. The van der Waals surface area contributed by atoms with Crippen molar-refractivity contribution < 1.29 is 19.5 Å². The molecule has 1 aliphatic heterocycles. The maximum atomic E-state index is 5.35. The van der Waals surface area contributed by atoms with Crippen LogP contribution in [0.4, 0.5) is 0 Å². The second-order valence-corrected chi connectivity index (χ2v) is 5.02. The smallest absolute Gasteiger partial charge is 0.203 e.